The quantitative estimate of drug-likeness (QED) is 0.0247. The van der Waals surface area contributed by atoms with Gasteiger partial charge in [-0.05, 0) is 157 Å². The number of hydrogen-bond acceptors (Lipinski definition) is 19. The Hall–Kier alpha value is -8.45. The molecule has 113 heavy (non-hydrogen) atoms. The van der Waals surface area contributed by atoms with Crippen LogP contribution in [0.2, 0.25) is 0 Å². The fourth-order valence-corrected chi connectivity index (χ4v) is 14.1. The number of nitrogens with one attached hydrogen (secondary N) is 7. The van der Waals surface area contributed by atoms with Gasteiger partial charge in [-0.25, -0.2) is 9.59 Å². The normalized spacial score (nSPS) is 15.7. The number of ketones is 2. The zero-order chi connectivity index (χ0) is 84.1. The third-order valence-electron chi connectivity index (χ3n) is 20.2. The molecule has 10 amide bonds. The summed E-state index contributed by atoms with van der Waals surface area (Å²) >= 11 is 0. The van der Waals surface area contributed by atoms with E-state index < -0.39 is 95.7 Å². The fraction of sp³-hybridized carbons (Fsp3) is 0.655. The predicted molar refractivity (Wildman–Crippen MR) is 434 cm³/mol. The number of anilines is 2. The van der Waals surface area contributed by atoms with Crippen LogP contribution in [-0.2, 0) is 84.4 Å². The van der Waals surface area contributed by atoms with Crippen LogP contribution < -0.4 is 43.0 Å². The van der Waals surface area contributed by atoms with Crippen LogP contribution in [-0.4, -0.2) is 242 Å². The molecule has 3 aromatic rings. The Bertz CT molecular complexity index is 3470. The number of primary amides is 1. The number of carbonyl (C=O) groups excluding carboxylic acids is 11. The minimum atomic E-state index is -0.939. The van der Waals surface area contributed by atoms with Crippen LogP contribution >= 0.6 is 0 Å². The SMILES string of the molecule is CC[C@H](C)[C@@H]([C@@H](CC(=O)N1CCC[C@H]1[C@H](OC)[C@@H](C)C(=O)N[C@H](Cc1ccccc1)C(=O)CCCc1ccc(NC(=O)[C@@H](CCCNC(N)=O)CC(=O)[C@@H](NC(=O)COCCOCCOCCOCCNC(=O)c2ccc(NC(=O)OC(C)(C)C)c(C)c2)C(C)C)cc1)OC)N(C)C(=O)[C@H](NC(=O)[C@H](C(C)C)N(C)C)C(C)C. The minimum absolute atomic E-state index is 0.00451. The lowest BCUT2D eigenvalue weighted by Gasteiger charge is -2.41. The summed E-state index contributed by atoms with van der Waals surface area (Å²) in [6, 6.07) is 16.7. The Balaban J connectivity index is 1.27. The van der Waals surface area contributed by atoms with Crippen LogP contribution in [0.1, 0.15) is 168 Å². The molecule has 29 heteroatoms. The second-order valence-corrected chi connectivity index (χ2v) is 31.6. The van der Waals surface area contributed by atoms with Gasteiger partial charge < -0.3 is 80.6 Å². The standard InChI is InChI=1S/C84H133N11O18/c1-19-56(8)75(94(16)81(104)73(54(4)5)92-80(103)74(55(6)7)93(14)15)69(107-17)51-71(99)95-40-25-30-66(95)76(108-18)58(10)77(100)89-65(49-60-26-21-20-22-27-60)67(96)31-23-28-59-32-35-63(36-33-59)88-79(102)61(29-24-38-87-82(85)105)50-68(97)72(53(2)3)91-70(98)52-112-47-46-111-45-44-110-43-42-109-41-39-86-78(101)62-34-37-64(57(9)48-62)90-83(106)113-84(11,12)13/h20-22,26-27,32-37,48,53-56,58,61,65-66,69,72-76H,19,23-25,28-31,38-47,49-52H2,1-18H3,(H,86,101)(H,88,102)(H,89,100)(H,90,106)(H,91,98)(H,92,103)(H3,85,87,105)/t56-,58+,61-,65+,66-,69+,72-,73+,74-,75-,76+/m0/s1. The van der Waals surface area contributed by atoms with Crippen molar-refractivity contribution in [3.63, 3.8) is 0 Å². The smallest absolute Gasteiger partial charge is 0.412 e. The van der Waals surface area contributed by atoms with Crippen molar-refractivity contribution in [1.82, 2.24) is 41.3 Å². The van der Waals surface area contributed by atoms with E-state index in [1.54, 1.807) is 95.6 Å². The number of Topliss-reactive ketones (excluding diaryl/α,β-unsaturated/α-hetero) is 2. The molecule has 3 aromatic carbocycles. The number of urea groups is 1. The number of nitrogens with two attached hydrogens (primary N) is 1. The highest BCUT2D eigenvalue weighted by Gasteiger charge is 2.44. The number of aryl methyl sites for hydroxylation is 2. The molecule has 0 aromatic heterocycles. The number of benzene rings is 3. The number of likely N-dealkylation sites (tertiary alicyclic amines) is 1. The van der Waals surface area contributed by atoms with E-state index in [1.165, 1.54) is 14.2 Å². The second-order valence-electron chi connectivity index (χ2n) is 31.6. The minimum Gasteiger partial charge on any atom is -0.444 e. The summed E-state index contributed by atoms with van der Waals surface area (Å²) in [5.41, 5.74) is 8.53. The third kappa shape index (κ3) is 33.9. The lowest BCUT2D eigenvalue weighted by Crippen LogP contribution is -2.59. The van der Waals surface area contributed by atoms with Gasteiger partial charge in [-0.1, -0.05) is 111 Å². The summed E-state index contributed by atoms with van der Waals surface area (Å²) in [5, 5.41) is 19.8. The van der Waals surface area contributed by atoms with Crippen LogP contribution in [0.3, 0.4) is 0 Å². The lowest BCUT2D eigenvalue weighted by molar-refractivity contribution is -0.148. The lowest BCUT2D eigenvalue weighted by atomic mass is 9.89. The Morgan fingerprint density at radius 2 is 1.27 bits per heavy atom. The number of rotatable bonds is 52. The molecule has 0 radical (unpaired) electrons. The van der Waals surface area contributed by atoms with Crippen LogP contribution in [0.25, 0.3) is 0 Å². The van der Waals surface area contributed by atoms with Gasteiger partial charge in [-0.2, -0.15) is 0 Å². The number of methoxy groups -OCH3 is 2. The van der Waals surface area contributed by atoms with Gasteiger partial charge in [0.25, 0.3) is 5.91 Å². The Kier molecular flexibility index (Phi) is 42.9. The maximum absolute atomic E-state index is 14.7. The molecule has 29 nitrogen and oxygen atoms in total. The van der Waals surface area contributed by atoms with Gasteiger partial charge in [-0.15, -0.1) is 0 Å². The van der Waals surface area contributed by atoms with Crippen molar-refractivity contribution in [1.29, 1.82) is 0 Å². The summed E-state index contributed by atoms with van der Waals surface area (Å²) < 4.78 is 39.8. The van der Waals surface area contributed by atoms with Gasteiger partial charge in [0.1, 0.15) is 18.2 Å². The van der Waals surface area contributed by atoms with Crippen molar-refractivity contribution in [3.8, 4) is 0 Å². The molecular formula is C84H133N11O18. The zero-order valence-electron chi connectivity index (χ0n) is 70.3. The number of likely N-dealkylation sites (N-methyl/N-ethyl adjacent to an activating group) is 2. The average Bonchev–Trinajstić information content (AvgIpc) is 1.79. The fourth-order valence-electron chi connectivity index (χ4n) is 14.1. The largest absolute Gasteiger partial charge is 0.444 e. The molecule has 0 bridgehead atoms. The molecule has 4 rings (SSSR count). The van der Waals surface area contributed by atoms with E-state index in [-0.39, 0.29) is 144 Å². The van der Waals surface area contributed by atoms with E-state index in [9.17, 15) is 52.7 Å². The van der Waals surface area contributed by atoms with E-state index in [2.05, 4.69) is 37.2 Å². The van der Waals surface area contributed by atoms with E-state index >= 15 is 0 Å². The number of nitrogens with zero attached hydrogens (tertiary/aromatic N) is 3. The topological polar surface area (TPSA) is 372 Å². The first-order valence-corrected chi connectivity index (χ1v) is 39.9. The molecule has 1 aliphatic rings. The van der Waals surface area contributed by atoms with Gasteiger partial charge in [0.15, 0.2) is 11.6 Å². The van der Waals surface area contributed by atoms with E-state index in [4.69, 9.17) is 38.9 Å². The number of hydrogen-bond donors (Lipinski definition) is 8. The van der Waals surface area contributed by atoms with Crippen LogP contribution in [0.5, 0.6) is 0 Å². The Morgan fingerprint density at radius 3 is 1.84 bits per heavy atom. The van der Waals surface area contributed by atoms with Crippen molar-refractivity contribution in [2.24, 2.45) is 41.2 Å². The van der Waals surface area contributed by atoms with Crippen molar-refractivity contribution >= 4 is 76.4 Å². The number of ether oxygens (including phenoxy) is 7. The molecule has 0 spiro atoms. The summed E-state index contributed by atoms with van der Waals surface area (Å²) in [6.45, 7) is 26.3. The molecule has 0 unspecified atom stereocenters. The maximum Gasteiger partial charge on any atom is 0.412 e. The average molecular weight is 1590 g/mol. The van der Waals surface area contributed by atoms with Gasteiger partial charge >= 0.3 is 12.1 Å². The van der Waals surface area contributed by atoms with Gasteiger partial charge in [0.2, 0.25) is 35.4 Å². The first-order chi connectivity index (χ1) is 53.5. The van der Waals surface area contributed by atoms with Crippen LogP contribution in [0.4, 0.5) is 21.0 Å². The molecule has 0 saturated carbocycles. The van der Waals surface area contributed by atoms with Crippen LogP contribution in [0.15, 0.2) is 72.8 Å². The van der Waals surface area contributed by atoms with Crippen molar-refractivity contribution in [2.75, 3.05) is 118 Å². The molecule has 1 saturated heterocycles. The molecular weight excluding hydrogens is 1450 g/mol. The highest BCUT2D eigenvalue weighted by atomic mass is 16.6. The molecule has 0 aliphatic carbocycles. The molecule has 11 atom stereocenters. The molecule has 9 N–H and O–H groups in total. The summed E-state index contributed by atoms with van der Waals surface area (Å²) in [5.74, 6) is -5.23. The molecule has 632 valence electrons. The van der Waals surface area contributed by atoms with E-state index in [1.807, 2.05) is 103 Å². The highest BCUT2D eigenvalue weighted by Crippen LogP contribution is 2.31. The van der Waals surface area contributed by atoms with Crippen LogP contribution in [0, 0.1) is 42.4 Å². The Morgan fingerprint density at radius 1 is 0.646 bits per heavy atom. The first-order valence-electron chi connectivity index (χ1n) is 39.9. The Labute approximate surface area is 670 Å². The molecule has 1 heterocycles. The zero-order valence-corrected chi connectivity index (χ0v) is 70.3. The number of amides is 10. The van der Waals surface area contributed by atoms with Crippen molar-refractivity contribution < 1.29 is 85.9 Å². The van der Waals surface area contributed by atoms with Gasteiger partial charge in [0.05, 0.1) is 101 Å². The number of carbonyl (C=O) groups is 11. The third-order valence-corrected chi connectivity index (χ3v) is 20.2. The van der Waals surface area contributed by atoms with E-state index in [0.717, 1.165) is 11.1 Å². The molecule has 1 aliphatic heterocycles. The molecule has 1 fully saturated rings. The summed E-state index contributed by atoms with van der Waals surface area (Å²) in [7, 11) is 8.45. The monoisotopic (exact) mass is 1580 g/mol. The maximum atomic E-state index is 14.7. The van der Waals surface area contributed by atoms with Gasteiger partial charge in [-0.3, -0.25) is 53.4 Å². The summed E-state index contributed by atoms with van der Waals surface area (Å²) in [6.07, 6.45) is 1.46. The van der Waals surface area contributed by atoms with Crippen molar-refractivity contribution in [3.05, 3.63) is 95.1 Å². The highest BCUT2D eigenvalue weighted by molar-refractivity contribution is 5.98. The summed E-state index contributed by atoms with van der Waals surface area (Å²) in [4.78, 5) is 154. The first kappa shape index (κ1) is 96.9. The predicted octanol–water partition coefficient (Wildman–Crippen LogP) is 8.21. The van der Waals surface area contributed by atoms with Gasteiger partial charge in [0, 0.05) is 76.6 Å². The second kappa shape index (κ2) is 50.0. The van der Waals surface area contributed by atoms with E-state index in [0.29, 0.717) is 80.8 Å². The van der Waals surface area contributed by atoms with Crippen molar-refractivity contribution in [2.45, 2.75) is 215 Å².